The highest BCUT2D eigenvalue weighted by atomic mass is 35.5. The molecule has 2 aromatic carbocycles. The summed E-state index contributed by atoms with van der Waals surface area (Å²) in [6, 6.07) is 5.23. The van der Waals surface area contributed by atoms with Gasteiger partial charge in [-0.1, -0.05) is 11.6 Å². The van der Waals surface area contributed by atoms with Crippen LogP contribution in [0.15, 0.2) is 27.4 Å². The number of rotatable bonds is 8. The van der Waals surface area contributed by atoms with Gasteiger partial charge in [0.25, 0.3) is 11.8 Å². The summed E-state index contributed by atoms with van der Waals surface area (Å²) < 4.78 is 38.2. The fraction of sp³-hybridized carbons (Fsp3) is 0.514. The molecule has 0 unspecified atom stereocenters. The Morgan fingerprint density at radius 3 is 2.47 bits per heavy atom. The van der Waals surface area contributed by atoms with Crippen molar-refractivity contribution < 1.29 is 27.2 Å². The molecule has 6 rings (SSSR count). The van der Waals surface area contributed by atoms with Crippen LogP contribution in [0, 0.1) is 13.8 Å². The third-order valence-corrected chi connectivity index (χ3v) is 12.9. The summed E-state index contributed by atoms with van der Waals surface area (Å²) >= 11 is 6.61. The maximum atomic E-state index is 13.9. The van der Waals surface area contributed by atoms with Crippen LogP contribution < -0.4 is 20.1 Å². The van der Waals surface area contributed by atoms with Gasteiger partial charge in [0.2, 0.25) is 10.0 Å². The first-order valence-corrected chi connectivity index (χ1v) is 18.3. The van der Waals surface area contributed by atoms with E-state index in [1.165, 1.54) is 12.1 Å². The number of ether oxygens (including phenoxy) is 1. The van der Waals surface area contributed by atoms with Crippen molar-refractivity contribution in [2.45, 2.75) is 57.4 Å². The van der Waals surface area contributed by atoms with E-state index in [1.54, 1.807) is 37.9 Å². The molecule has 1 saturated carbocycles. The van der Waals surface area contributed by atoms with Crippen molar-refractivity contribution >= 4 is 55.8 Å². The summed E-state index contributed by atoms with van der Waals surface area (Å²) in [5.74, 6) is -1.22. The SMILES string of the molecule is COC[C@H]1CN(c2cc(C)c3c4c(c(=O)oc3c2C)CN(C(=O)c2cc(N(C)C)c(C(=O)NS(=O)(=O)C3(C)CC3)cc2Cl)CC4)CCN1C. The highest BCUT2D eigenvalue weighted by molar-refractivity contribution is 7.91. The van der Waals surface area contributed by atoms with Crippen LogP contribution in [0.1, 0.15) is 62.7 Å². The normalized spacial score (nSPS) is 19.1. The minimum absolute atomic E-state index is 0.00256. The van der Waals surface area contributed by atoms with E-state index < -0.39 is 32.2 Å². The number of likely N-dealkylation sites (N-methyl/N-ethyl adjacent to an activating group) is 1. The third-order valence-electron chi connectivity index (χ3n) is 10.4. The van der Waals surface area contributed by atoms with Crippen molar-refractivity contribution in [1.29, 1.82) is 0 Å². The standard InChI is InChI=1S/C35H44ClN5O7S/c1-20-14-28(40-13-12-39(6)22(17-40)19-47-7)21(2)31-30(20)23-8-11-41(18-26(23)34(44)48-31)33(43)24-16-29(38(4)5)25(15-27(24)36)32(42)37-49(45,46)35(3)9-10-35/h14-16,22H,8-13,17-19H2,1-7H3,(H,37,42)/t22-/m1/s1. The molecular weight excluding hydrogens is 670 g/mol. The second kappa shape index (κ2) is 12.9. The predicted molar refractivity (Wildman–Crippen MR) is 191 cm³/mol. The molecule has 3 aliphatic rings. The first kappa shape index (κ1) is 35.2. The number of carbonyl (C=O) groups is 2. The van der Waals surface area contributed by atoms with Crippen molar-refractivity contribution in [1.82, 2.24) is 14.5 Å². The number of benzene rings is 2. The lowest BCUT2D eigenvalue weighted by molar-refractivity contribution is 0.0732. The number of carbonyl (C=O) groups excluding carboxylic acids is 2. The van der Waals surface area contributed by atoms with Crippen molar-refractivity contribution in [3.63, 3.8) is 0 Å². The molecule has 49 heavy (non-hydrogen) atoms. The minimum atomic E-state index is -3.89. The first-order valence-electron chi connectivity index (χ1n) is 16.5. The lowest BCUT2D eigenvalue weighted by Crippen LogP contribution is -2.53. The summed E-state index contributed by atoms with van der Waals surface area (Å²) in [5, 5.41) is 0.909. The maximum absolute atomic E-state index is 13.9. The maximum Gasteiger partial charge on any atom is 0.341 e. The van der Waals surface area contributed by atoms with Gasteiger partial charge >= 0.3 is 5.63 Å². The molecule has 2 fully saturated rings. The summed E-state index contributed by atoms with van der Waals surface area (Å²) in [5.41, 5.74) is 4.87. The number of anilines is 2. The zero-order valence-electron chi connectivity index (χ0n) is 29.1. The molecule has 3 heterocycles. The van der Waals surface area contributed by atoms with E-state index in [9.17, 15) is 22.8 Å². The number of methoxy groups -OCH3 is 1. The first-order chi connectivity index (χ1) is 23.1. The number of amides is 2. The Balaban J connectivity index is 1.29. The average Bonchev–Trinajstić information content (AvgIpc) is 3.82. The number of aryl methyl sites for hydroxylation is 2. The molecular formula is C35H44ClN5O7S. The van der Waals surface area contributed by atoms with Gasteiger partial charge in [0.05, 0.1) is 45.7 Å². The number of halogens is 1. The van der Waals surface area contributed by atoms with E-state index in [4.69, 9.17) is 20.8 Å². The molecule has 14 heteroatoms. The van der Waals surface area contributed by atoms with E-state index in [2.05, 4.69) is 27.6 Å². The average molecular weight is 714 g/mol. The summed E-state index contributed by atoms with van der Waals surface area (Å²) in [6.07, 6.45) is 1.40. The van der Waals surface area contributed by atoms with Crippen LogP contribution in [-0.2, 0) is 27.7 Å². The van der Waals surface area contributed by atoms with Crippen LogP contribution in [0.2, 0.25) is 5.02 Å². The van der Waals surface area contributed by atoms with Crippen molar-refractivity contribution in [3.05, 3.63) is 67.0 Å². The molecule has 2 amide bonds. The molecule has 3 aromatic rings. The molecule has 1 aromatic heterocycles. The van der Waals surface area contributed by atoms with Gasteiger partial charge in [-0.3, -0.25) is 14.5 Å². The molecule has 12 nitrogen and oxygen atoms in total. The van der Waals surface area contributed by atoms with Gasteiger partial charge in [-0.15, -0.1) is 0 Å². The topological polar surface area (TPSA) is 133 Å². The zero-order chi connectivity index (χ0) is 35.6. The highest BCUT2D eigenvalue weighted by Gasteiger charge is 2.51. The predicted octanol–water partition coefficient (Wildman–Crippen LogP) is 3.71. The molecule has 0 radical (unpaired) electrons. The number of nitrogens with zero attached hydrogens (tertiary/aromatic N) is 4. The van der Waals surface area contributed by atoms with Gasteiger partial charge in [0.15, 0.2) is 0 Å². The zero-order valence-corrected chi connectivity index (χ0v) is 30.7. The largest absolute Gasteiger partial charge is 0.422 e. The number of hydrogen-bond acceptors (Lipinski definition) is 10. The Morgan fingerprint density at radius 1 is 1.10 bits per heavy atom. The van der Waals surface area contributed by atoms with E-state index in [0.717, 1.165) is 47.4 Å². The molecule has 1 saturated heterocycles. The summed E-state index contributed by atoms with van der Waals surface area (Å²) in [4.78, 5) is 48.5. The van der Waals surface area contributed by atoms with Gasteiger partial charge in [-0.2, -0.15) is 0 Å². The Kier molecular flexibility index (Phi) is 9.27. The molecule has 0 spiro atoms. The van der Waals surface area contributed by atoms with E-state index in [1.807, 2.05) is 13.8 Å². The highest BCUT2D eigenvalue weighted by Crippen LogP contribution is 2.42. The summed E-state index contributed by atoms with van der Waals surface area (Å²) in [6.45, 7) is 9.15. The minimum Gasteiger partial charge on any atom is -0.422 e. The number of hydrogen-bond donors (Lipinski definition) is 1. The van der Waals surface area contributed by atoms with Crippen LogP contribution >= 0.6 is 11.6 Å². The second-order valence-corrected chi connectivity index (χ2v) is 16.6. The fourth-order valence-corrected chi connectivity index (χ4v) is 8.47. The monoisotopic (exact) mass is 713 g/mol. The smallest absolute Gasteiger partial charge is 0.341 e. The van der Waals surface area contributed by atoms with Crippen LogP contribution in [0.3, 0.4) is 0 Å². The van der Waals surface area contributed by atoms with E-state index in [0.29, 0.717) is 49.2 Å². The van der Waals surface area contributed by atoms with Crippen molar-refractivity contribution in [2.75, 3.05) is 70.8 Å². The lowest BCUT2D eigenvalue weighted by atomic mass is 9.92. The summed E-state index contributed by atoms with van der Waals surface area (Å²) in [7, 11) is 3.31. The number of fused-ring (bicyclic) bond motifs is 3. The Labute approximate surface area is 292 Å². The molecule has 2 aliphatic heterocycles. The Bertz CT molecular complexity index is 2020. The van der Waals surface area contributed by atoms with E-state index >= 15 is 0 Å². The van der Waals surface area contributed by atoms with Gasteiger partial charge < -0.3 is 23.9 Å². The quantitative estimate of drug-likeness (QED) is 0.345. The fourth-order valence-electron chi connectivity index (χ4n) is 6.98. The molecule has 1 aliphatic carbocycles. The van der Waals surface area contributed by atoms with Crippen LogP contribution in [-0.4, -0.2) is 102 Å². The molecule has 264 valence electrons. The van der Waals surface area contributed by atoms with Crippen LogP contribution in [0.25, 0.3) is 11.0 Å². The number of nitrogens with one attached hydrogen (secondary N) is 1. The van der Waals surface area contributed by atoms with Gasteiger partial charge in [0, 0.05) is 69.7 Å². The molecule has 1 N–H and O–H groups in total. The Morgan fingerprint density at radius 2 is 1.82 bits per heavy atom. The number of sulfonamides is 1. The lowest BCUT2D eigenvalue weighted by Gasteiger charge is -2.41. The second-order valence-electron chi connectivity index (χ2n) is 14.0. The van der Waals surface area contributed by atoms with Crippen molar-refractivity contribution in [2.24, 2.45) is 0 Å². The van der Waals surface area contributed by atoms with Gasteiger partial charge in [0.1, 0.15) is 5.58 Å². The van der Waals surface area contributed by atoms with E-state index in [-0.39, 0.29) is 28.7 Å². The Hall–Kier alpha value is -3.65. The molecule has 1 atom stereocenters. The van der Waals surface area contributed by atoms with Gasteiger partial charge in [-0.25, -0.2) is 17.9 Å². The van der Waals surface area contributed by atoms with Gasteiger partial charge in [-0.05, 0) is 76.4 Å². The molecule has 0 bridgehead atoms. The van der Waals surface area contributed by atoms with Crippen molar-refractivity contribution in [3.8, 4) is 0 Å². The van der Waals surface area contributed by atoms with Crippen LogP contribution in [0.5, 0.6) is 0 Å². The third kappa shape index (κ3) is 6.30. The van der Waals surface area contributed by atoms with Crippen LogP contribution in [0.4, 0.5) is 11.4 Å². The number of piperazine rings is 1.